The van der Waals surface area contributed by atoms with Crippen LogP contribution in [0.25, 0.3) is 0 Å². The molecule has 192 valence electrons. The number of benzene rings is 3. The van der Waals surface area contributed by atoms with Crippen molar-refractivity contribution >= 4 is 49.8 Å². The lowest BCUT2D eigenvalue weighted by atomic mass is 10.2. The first-order valence-electron chi connectivity index (χ1n) is 11.3. The number of aryl methyl sites for hydroxylation is 2. The number of rotatable bonds is 10. The number of carbonyl (C=O) groups is 1. The first-order valence-corrected chi connectivity index (χ1v) is 14.5. The number of amides is 1. The standard InChI is InChI=1S/C26H26N4O4S3/c1-18-9-12-21(13-10-18)37(32,33)30(22-15-19(2)11-14-23(22)34-3)16-24(31)27-25-28-29-26(36-25)35-17-20-7-5-4-6-8-20/h4-15H,16-17H2,1-3H3,(H,27,28,31). The number of nitrogens with zero attached hydrogens (tertiary/aromatic N) is 3. The first kappa shape index (κ1) is 26.6. The van der Waals surface area contributed by atoms with E-state index in [1.807, 2.05) is 50.2 Å². The molecule has 0 bridgehead atoms. The van der Waals surface area contributed by atoms with Gasteiger partial charge in [-0.2, -0.15) is 0 Å². The highest BCUT2D eigenvalue weighted by Gasteiger charge is 2.30. The van der Waals surface area contributed by atoms with Gasteiger partial charge in [0.15, 0.2) is 4.34 Å². The summed E-state index contributed by atoms with van der Waals surface area (Å²) in [7, 11) is -2.63. The summed E-state index contributed by atoms with van der Waals surface area (Å²) in [6, 6.07) is 21.6. The zero-order valence-electron chi connectivity index (χ0n) is 20.5. The van der Waals surface area contributed by atoms with E-state index in [4.69, 9.17) is 4.74 Å². The van der Waals surface area contributed by atoms with Gasteiger partial charge in [-0.15, -0.1) is 10.2 Å². The number of carbonyl (C=O) groups excluding carboxylic acids is 1. The van der Waals surface area contributed by atoms with E-state index >= 15 is 0 Å². The normalized spacial score (nSPS) is 11.2. The van der Waals surface area contributed by atoms with Crippen molar-refractivity contribution in [2.75, 3.05) is 23.3 Å². The maximum Gasteiger partial charge on any atom is 0.264 e. The van der Waals surface area contributed by atoms with E-state index in [9.17, 15) is 13.2 Å². The molecule has 0 aliphatic heterocycles. The molecule has 0 aliphatic rings. The minimum absolute atomic E-state index is 0.0740. The van der Waals surface area contributed by atoms with Crippen LogP contribution in [-0.2, 0) is 20.6 Å². The van der Waals surface area contributed by atoms with Crippen LogP contribution in [0.4, 0.5) is 10.8 Å². The number of methoxy groups -OCH3 is 1. The third-order valence-corrected chi connectivity index (χ3v) is 9.17. The molecule has 4 aromatic rings. The van der Waals surface area contributed by atoms with Crippen molar-refractivity contribution < 1.29 is 17.9 Å². The fourth-order valence-electron chi connectivity index (χ4n) is 3.46. The lowest BCUT2D eigenvalue weighted by Gasteiger charge is -2.26. The average molecular weight is 555 g/mol. The minimum Gasteiger partial charge on any atom is -0.495 e. The second-order valence-corrected chi connectivity index (χ2v) is 12.3. The van der Waals surface area contributed by atoms with Crippen LogP contribution in [0.5, 0.6) is 5.75 Å². The molecule has 8 nitrogen and oxygen atoms in total. The average Bonchev–Trinajstić information content (AvgIpc) is 3.34. The quantitative estimate of drug-likeness (QED) is 0.210. The first-order chi connectivity index (χ1) is 17.8. The summed E-state index contributed by atoms with van der Waals surface area (Å²) in [5.41, 5.74) is 3.17. The van der Waals surface area contributed by atoms with Crippen molar-refractivity contribution in [2.24, 2.45) is 0 Å². The molecule has 0 atom stereocenters. The van der Waals surface area contributed by atoms with Gasteiger partial charge in [-0.1, -0.05) is 77.2 Å². The van der Waals surface area contributed by atoms with Crippen LogP contribution in [0.1, 0.15) is 16.7 Å². The molecular weight excluding hydrogens is 529 g/mol. The molecule has 3 aromatic carbocycles. The van der Waals surface area contributed by atoms with E-state index in [1.165, 1.54) is 42.3 Å². The maximum atomic E-state index is 13.7. The molecule has 11 heteroatoms. The molecule has 0 saturated carbocycles. The lowest BCUT2D eigenvalue weighted by molar-refractivity contribution is -0.114. The summed E-state index contributed by atoms with van der Waals surface area (Å²) in [5, 5.41) is 11.2. The van der Waals surface area contributed by atoms with Crippen LogP contribution in [0.3, 0.4) is 0 Å². The van der Waals surface area contributed by atoms with E-state index in [0.717, 1.165) is 26.7 Å². The molecule has 0 unspecified atom stereocenters. The molecule has 0 radical (unpaired) electrons. The smallest absolute Gasteiger partial charge is 0.264 e. The number of sulfonamides is 1. The van der Waals surface area contributed by atoms with Gasteiger partial charge in [0.25, 0.3) is 10.0 Å². The Labute approximate surface area is 224 Å². The second kappa shape index (κ2) is 11.8. The Morgan fingerprint density at radius 3 is 2.41 bits per heavy atom. The van der Waals surface area contributed by atoms with Crippen molar-refractivity contribution in [3.05, 3.63) is 89.5 Å². The summed E-state index contributed by atoms with van der Waals surface area (Å²) in [6.45, 7) is 3.25. The summed E-state index contributed by atoms with van der Waals surface area (Å²) in [6.07, 6.45) is 0. The van der Waals surface area contributed by atoms with Crippen LogP contribution in [-0.4, -0.2) is 38.2 Å². The SMILES string of the molecule is COc1ccc(C)cc1N(CC(=O)Nc1nnc(SCc2ccccc2)s1)S(=O)(=O)c1ccc(C)cc1. The summed E-state index contributed by atoms with van der Waals surface area (Å²) in [4.78, 5) is 13.1. The molecule has 1 heterocycles. The fourth-order valence-corrected chi connectivity index (χ4v) is 6.61. The van der Waals surface area contributed by atoms with E-state index in [1.54, 1.807) is 24.3 Å². The Bertz CT molecular complexity index is 1470. The van der Waals surface area contributed by atoms with Crippen molar-refractivity contribution in [3.8, 4) is 5.75 Å². The van der Waals surface area contributed by atoms with Crippen LogP contribution in [0, 0.1) is 13.8 Å². The molecule has 1 amide bonds. The number of anilines is 2. The Morgan fingerprint density at radius 2 is 1.70 bits per heavy atom. The van der Waals surface area contributed by atoms with E-state index in [0.29, 0.717) is 15.2 Å². The summed E-state index contributed by atoms with van der Waals surface area (Å²) >= 11 is 2.75. The van der Waals surface area contributed by atoms with Crippen molar-refractivity contribution in [3.63, 3.8) is 0 Å². The number of hydrogen-bond donors (Lipinski definition) is 1. The summed E-state index contributed by atoms with van der Waals surface area (Å²) in [5.74, 6) is 0.513. The number of thioether (sulfide) groups is 1. The van der Waals surface area contributed by atoms with E-state index in [2.05, 4.69) is 15.5 Å². The molecule has 37 heavy (non-hydrogen) atoms. The molecule has 0 aliphatic carbocycles. The predicted octanol–water partition coefficient (Wildman–Crippen LogP) is 5.29. The van der Waals surface area contributed by atoms with Gasteiger partial charge in [-0.25, -0.2) is 8.42 Å². The van der Waals surface area contributed by atoms with Crippen molar-refractivity contribution in [1.82, 2.24) is 10.2 Å². The highest BCUT2D eigenvalue weighted by atomic mass is 32.2. The van der Waals surface area contributed by atoms with Gasteiger partial charge < -0.3 is 4.74 Å². The predicted molar refractivity (Wildman–Crippen MR) is 148 cm³/mol. The van der Waals surface area contributed by atoms with Gasteiger partial charge in [0.05, 0.1) is 17.7 Å². The van der Waals surface area contributed by atoms with Gasteiger partial charge in [0.1, 0.15) is 12.3 Å². The molecule has 1 N–H and O–H groups in total. The molecule has 0 fully saturated rings. The van der Waals surface area contributed by atoms with Crippen LogP contribution < -0.4 is 14.4 Å². The number of hydrogen-bond acceptors (Lipinski definition) is 8. The number of aromatic nitrogens is 2. The monoisotopic (exact) mass is 554 g/mol. The van der Waals surface area contributed by atoms with Crippen molar-refractivity contribution in [2.45, 2.75) is 28.8 Å². The zero-order valence-corrected chi connectivity index (χ0v) is 23.0. The second-order valence-electron chi connectivity index (χ2n) is 8.20. The Hall–Kier alpha value is -3.41. The molecule has 0 spiro atoms. The third-order valence-electron chi connectivity index (χ3n) is 5.36. The third kappa shape index (κ3) is 6.68. The highest BCUT2D eigenvalue weighted by Crippen LogP contribution is 2.34. The van der Waals surface area contributed by atoms with Crippen LogP contribution >= 0.6 is 23.1 Å². The largest absolute Gasteiger partial charge is 0.495 e. The minimum atomic E-state index is -4.09. The zero-order chi connectivity index (χ0) is 26.4. The molecule has 1 aromatic heterocycles. The van der Waals surface area contributed by atoms with Crippen LogP contribution in [0.15, 0.2) is 82.0 Å². The molecule has 4 rings (SSSR count). The van der Waals surface area contributed by atoms with Gasteiger partial charge >= 0.3 is 0 Å². The van der Waals surface area contributed by atoms with Crippen molar-refractivity contribution in [1.29, 1.82) is 0 Å². The van der Waals surface area contributed by atoms with Gasteiger partial charge in [-0.3, -0.25) is 14.4 Å². The Kier molecular flexibility index (Phi) is 8.47. The van der Waals surface area contributed by atoms with Gasteiger partial charge in [0, 0.05) is 5.75 Å². The summed E-state index contributed by atoms with van der Waals surface area (Å²) < 4.78 is 34.6. The van der Waals surface area contributed by atoms with E-state index in [-0.39, 0.29) is 10.6 Å². The van der Waals surface area contributed by atoms with E-state index < -0.39 is 22.5 Å². The number of ether oxygens (including phenoxy) is 1. The van der Waals surface area contributed by atoms with Gasteiger partial charge in [-0.05, 0) is 49.2 Å². The van der Waals surface area contributed by atoms with Gasteiger partial charge in [0.2, 0.25) is 11.0 Å². The lowest BCUT2D eigenvalue weighted by Crippen LogP contribution is -2.38. The maximum absolute atomic E-state index is 13.7. The Morgan fingerprint density at radius 1 is 1.00 bits per heavy atom. The fraction of sp³-hybridized carbons (Fsp3) is 0.192. The topological polar surface area (TPSA) is 101 Å². The molecular formula is C26H26N4O4S3. The molecule has 0 saturated heterocycles. The Balaban J connectivity index is 1.56. The van der Waals surface area contributed by atoms with Crippen LogP contribution in [0.2, 0.25) is 0 Å². The number of nitrogens with one attached hydrogen (secondary N) is 1. The highest BCUT2D eigenvalue weighted by molar-refractivity contribution is 8.00.